The minimum Gasteiger partial charge on any atom is -0.394 e. The molecule has 0 spiro atoms. The first-order chi connectivity index (χ1) is 7.61. The predicted molar refractivity (Wildman–Crippen MR) is 62.9 cm³/mol. The zero-order chi connectivity index (χ0) is 12.1. The van der Waals surface area contributed by atoms with E-state index in [4.69, 9.17) is 10.8 Å². The van der Waals surface area contributed by atoms with Crippen molar-refractivity contribution in [2.45, 2.75) is 26.7 Å². The third-order valence-electron chi connectivity index (χ3n) is 2.75. The molecule has 3 N–H and O–H groups in total. The maximum absolute atomic E-state index is 12.0. The van der Waals surface area contributed by atoms with Crippen LogP contribution >= 0.6 is 0 Å². The highest BCUT2D eigenvalue weighted by atomic mass is 16.3. The highest BCUT2D eigenvalue weighted by molar-refractivity contribution is 6.08. The summed E-state index contributed by atoms with van der Waals surface area (Å²) < 4.78 is 0. The van der Waals surface area contributed by atoms with Crippen LogP contribution in [0.5, 0.6) is 0 Å². The Hall–Kier alpha value is -0.940. The molecule has 0 aliphatic carbocycles. The van der Waals surface area contributed by atoms with Crippen molar-refractivity contribution >= 4 is 11.6 Å². The van der Waals surface area contributed by atoms with E-state index in [1.54, 1.807) is 0 Å². The van der Waals surface area contributed by atoms with E-state index < -0.39 is 0 Å². The van der Waals surface area contributed by atoms with Gasteiger partial charge in [0.2, 0.25) is 0 Å². The summed E-state index contributed by atoms with van der Waals surface area (Å²) in [7, 11) is 0. The fourth-order valence-corrected chi connectivity index (χ4v) is 1.93. The Balaban J connectivity index is 2.74. The highest BCUT2D eigenvalue weighted by Crippen LogP contribution is 2.24. The SMILES string of the molecule is CC(C)C1=NN(CCO)C(=O)C1CCCN. The van der Waals surface area contributed by atoms with Gasteiger partial charge in [-0.2, -0.15) is 5.10 Å². The molecule has 1 atom stereocenters. The number of nitrogens with zero attached hydrogens (tertiary/aromatic N) is 2. The van der Waals surface area contributed by atoms with E-state index in [0.29, 0.717) is 6.54 Å². The molecule has 0 fully saturated rings. The largest absolute Gasteiger partial charge is 0.394 e. The minimum atomic E-state index is -0.130. The van der Waals surface area contributed by atoms with Gasteiger partial charge >= 0.3 is 0 Å². The molecule has 0 radical (unpaired) electrons. The number of hydrogen-bond acceptors (Lipinski definition) is 4. The van der Waals surface area contributed by atoms with Crippen LogP contribution in [0, 0.1) is 11.8 Å². The van der Waals surface area contributed by atoms with Crippen molar-refractivity contribution in [3.05, 3.63) is 0 Å². The van der Waals surface area contributed by atoms with E-state index in [2.05, 4.69) is 5.10 Å². The van der Waals surface area contributed by atoms with E-state index >= 15 is 0 Å². The van der Waals surface area contributed by atoms with Crippen LogP contribution < -0.4 is 5.73 Å². The molecule has 5 nitrogen and oxygen atoms in total. The van der Waals surface area contributed by atoms with E-state index in [1.807, 2.05) is 13.8 Å². The third kappa shape index (κ3) is 2.80. The number of aliphatic hydroxyl groups is 1. The van der Waals surface area contributed by atoms with Gasteiger partial charge in [0, 0.05) is 0 Å². The minimum absolute atomic E-state index is 0.00574. The van der Waals surface area contributed by atoms with Crippen molar-refractivity contribution in [1.82, 2.24) is 5.01 Å². The van der Waals surface area contributed by atoms with E-state index in [0.717, 1.165) is 18.6 Å². The maximum atomic E-state index is 12.0. The monoisotopic (exact) mass is 227 g/mol. The number of hydrazone groups is 1. The molecule has 0 saturated carbocycles. The number of nitrogens with two attached hydrogens (primary N) is 1. The lowest BCUT2D eigenvalue weighted by molar-refractivity contribution is -0.132. The van der Waals surface area contributed by atoms with Crippen LogP contribution in [0.25, 0.3) is 0 Å². The lowest BCUT2D eigenvalue weighted by atomic mass is 9.90. The van der Waals surface area contributed by atoms with Gasteiger partial charge in [0.1, 0.15) is 0 Å². The van der Waals surface area contributed by atoms with Crippen molar-refractivity contribution in [2.75, 3.05) is 19.7 Å². The van der Waals surface area contributed by atoms with E-state index in [9.17, 15) is 4.79 Å². The number of carbonyl (C=O) groups is 1. The molecule has 1 rings (SSSR count). The van der Waals surface area contributed by atoms with Crippen LogP contribution in [0.3, 0.4) is 0 Å². The average molecular weight is 227 g/mol. The summed E-state index contributed by atoms with van der Waals surface area (Å²) in [6, 6.07) is 0. The normalized spacial score (nSPS) is 20.8. The number of aliphatic hydroxyl groups excluding tert-OH is 1. The molecule has 1 unspecified atom stereocenters. The Labute approximate surface area is 96.3 Å². The third-order valence-corrected chi connectivity index (χ3v) is 2.75. The number of carbonyl (C=O) groups excluding carboxylic acids is 1. The number of β-amino-alcohol motifs (C(OH)–C–C–N with tert-alkyl or cyclic N) is 1. The van der Waals surface area contributed by atoms with Crippen LogP contribution in [0.2, 0.25) is 0 Å². The summed E-state index contributed by atoms with van der Waals surface area (Å²) in [6.45, 7) is 4.89. The Morgan fingerprint density at radius 1 is 1.56 bits per heavy atom. The van der Waals surface area contributed by atoms with Gasteiger partial charge in [0.05, 0.1) is 24.8 Å². The number of hydrogen-bond donors (Lipinski definition) is 2. The fraction of sp³-hybridized carbons (Fsp3) is 0.818. The summed E-state index contributed by atoms with van der Waals surface area (Å²) in [6.07, 6.45) is 1.59. The van der Waals surface area contributed by atoms with Crippen LogP contribution in [0.4, 0.5) is 0 Å². The van der Waals surface area contributed by atoms with Gasteiger partial charge in [-0.25, -0.2) is 5.01 Å². The first-order valence-corrected chi connectivity index (χ1v) is 5.82. The zero-order valence-corrected chi connectivity index (χ0v) is 10.0. The molecule has 0 aromatic rings. The van der Waals surface area contributed by atoms with Crippen molar-refractivity contribution in [3.63, 3.8) is 0 Å². The smallest absolute Gasteiger partial charge is 0.251 e. The quantitative estimate of drug-likeness (QED) is 0.679. The molecule has 1 aliphatic rings. The van der Waals surface area contributed by atoms with Gasteiger partial charge in [0.15, 0.2) is 0 Å². The molecule has 1 aliphatic heterocycles. The van der Waals surface area contributed by atoms with E-state index in [1.165, 1.54) is 5.01 Å². The molecule has 0 saturated heterocycles. The Bertz CT molecular complexity index is 276. The maximum Gasteiger partial charge on any atom is 0.251 e. The van der Waals surface area contributed by atoms with Crippen LogP contribution in [0.1, 0.15) is 26.7 Å². The molecule has 0 aromatic heterocycles. The molecule has 1 heterocycles. The molecule has 0 bridgehead atoms. The van der Waals surface area contributed by atoms with Crippen LogP contribution in [-0.2, 0) is 4.79 Å². The Morgan fingerprint density at radius 2 is 2.25 bits per heavy atom. The molecular formula is C11H21N3O2. The van der Waals surface area contributed by atoms with Gasteiger partial charge in [-0.05, 0) is 25.3 Å². The predicted octanol–water partition coefficient (Wildman–Crippen LogP) is 0.188. The summed E-state index contributed by atoms with van der Waals surface area (Å²) >= 11 is 0. The summed E-state index contributed by atoms with van der Waals surface area (Å²) in [5, 5.41) is 14.5. The zero-order valence-electron chi connectivity index (χ0n) is 10.0. The van der Waals surface area contributed by atoms with Crippen molar-refractivity contribution in [1.29, 1.82) is 0 Å². The second-order valence-corrected chi connectivity index (χ2v) is 4.35. The molecule has 16 heavy (non-hydrogen) atoms. The van der Waals surface area contributed by atoms with Gasteiger partial charge in [-0.1, -0.05) is 13.8 Å². The van der Waals surface area contributed by atoms with Crippen LogP contribution in [-0.4, -0.2) is 41.4 Å². The van der Waals surface area contributed by atoms with Crippen molar-refractivity contribution < 1.29 is 9.90 Å². The lowest BCUT2D eigenvalue weighted by Gasteiger charge is -2.13. The average Bonchev–Trinajstić information content (AvgIpc) is 2.55. The first-order valence-electron chi connectivity index (χ1n) is 5.82. The molecule has 1 amide bonds. The van der Waals surface area contributed by atoms with E-state index in [-0.39, 0.29) is 30.9 Å². The second-order valence-electron chi connectivity index (χ2n) is 4.35. The standard InChI is InChI=1S/C11H21N3O2/c1-8(2)10-9(4-3-5-12)11(16)14(13-10)6-7-15/h8-9,15H,3-7,12H2,1-2H3. The molecule has 0 aromatic carbocycles. The number of amides is 1. The van der Waals surface area contributed by atoms with Crippen LogP contribution in [0.15, 0.2) is 5.10 Å². The molecular weight excluding hydrogens is 206 g/mol. The van der Waals surface area contributed by atoms with Gasteiger partial charge in [0.25, 0.3) is 5.91 Å². The fourth-order valence-electron chi connectivity index (χ4n) is 1.93. The topological polar surface area (TPSA) is 78.9 Å². The summed E-state index contributed by atoms with van der Waals surface area (Å²) in [4.78, 5) is 12.0. The Morgan fingerprint density at radius 3 is 2.75 bits per heavy atom. The summed E-state index contributed by atoms with van der Waals surface area (Å²) in [5.74, 6) is 0.136. The van der Waals surface area contributed by atoms with Crippen molar-refractivity contribution in [3.8, 4) is 0 Å². The second kappa shape index (κ2) is 5.96. The van der Waals surface area contributed by atoms with Gasteiger partial charge in [-0.3, -0.25) is 4.79 Å². The first kappa shape index (κ1) is 13.1. The highest BCUT2D eigenvalue weighted by Gasteiger charge is 2.35. The summed E-state index contributed by atoms with van der Waals surface area (Å²) in [5.41, 5.74) is 6.39. The van der Waals surface area contributed by atoms with Crippen molar-refractivity contribution in [2.24, 2.45) is 22.7 Å². The number of rotatable bonds is 6. The molecule has 5 heteroatoms. The lowest BCUT2D eigenvalue weighted by Crippen LogP contribution is -2.30. The van der Waals surface area contributed by atoms with Gasteiger partial charge in [-0.15, -0.1) is 0 Å². The molecule has 92 valence electrons. The Kier molecular flexibility index (Phi) is 4.89. The van der Waals surface area contributed by atoms with Gasteiger partial charge < -0.3 is 10.8 Å².